The number of aromatic nitrogens is 2. The summed E-state index contributed by atoms with van der Waals surface area (Å²) < 4.78 is 9.22. The van der Waals surface area contributed by atoms with Gasteiger partial charge in [-0.2, -0.15) is 4.37 Å². The van der Waals surface area contributed by atoms with Crippen molar-refractivity contribution in [3.63, 3.8) is 0 Å². The van der Waals surface area contributed by atoms with E-state index in [2.05, 4.69) is 14.7 Å². The van der Waals surface area contributed by atoms with E-state index in [4.69, 9.17) is 9.52 Å². The molecule has 0 saturated heterocycles. The van der Waals surface area contributed by atoms with E-state index >= 15 is 0 Å². The van der Waals surface area contributed by atoms with Gasteiger partial charge in [-0.15, -0.1) is 0 Å². The number of carboxylic acids is 1. The quantitative estimate of drug-likeness (QED) is 0.847. The van der Waals surface area contributed by atoms with E-state index in [9.17, 15) is 4.79 Å². The number of nitrogens with zero attached hydrogens (tertiary/aromatic N) is 2. The number of furan rings is 1. The Morgan fingerprint density at radius 3 is 3.00 bits per heavy atom. The summed E-state index contributed by atoms with van der Waals surface area (Å²) in [7, 11) is 0. The van der Waals surface area contributed by atoms with Gasteiger partial charge in [0.2, 0.25) is 10.9 Å². The first kappa shape index (κ1) is 11.6. The Hall–Kier alpha value is -1.89. The van der Waals surface area contributed by atoms with Crippen molar-refractivity contribution in [3.05, 3.63) is 29.5 Å². The van der Waals surface area contributed by atoms with Crippen LogP contribution in [0.25, 0.3) is 0 Å². The van der Waals surface area contributed by atoms with Crippen LogP contribution in [0.2, 0.25) is 0 Å². The third kappa shape index (κ3) is 2.82. The van der Waals surface area contributed by atoms with Gasteiger partial charge in [-0.05, 0) is 12.1 Å². The number of carboxylic acid groups (broad SMARTS) is 1. The molecule has 0 aliphatic heterocycles. The molecule has 90 valence electrons. The van der Waals surface area contributed by atoms with Gasteiger partial charge in [0, 0.05) is 18.0 Å². The Labute approximate surface area is 101 Å². The topological polar surface area (TPSA) is 88.2 Å². The minimum absolute atomic E-state index is 0.0617. The number of anilines is 1. The highest BCUT2D eigenvalue weighted by molar-refractivity contribution is 7.09. The van der Waals surface area contributed by atoms with Gasteiger partial charge in [0.05, 0.1) is 6.54 Å². The average Bonchev–Trinajstić information content (AvgIpc) is 2.95. The number of hydrogen-bond acceptors (Lipinski definition) is 6. The summed E-state index contributed by atoms with van der Waals surface area (Å²) in [6.07, 6.45) is 0.794. The molecule has 0 aromatic carbocycles. The number of rotatable bonds is 5. The second-order valence-electron chi connectivity index (χ2n) is 3.29. The lowest BCUT2D eigenvalue weighted by molar-refractivity contribution is 0.0660. The van der Waals surface area contributed by atoms with E-state index in [-0.39, 0.29) is 5.76 Å². The van der Waals surface area contributed by atoms with Crippen LogP contribution in [-0.2, 0) is 13.0 Å². The van der Waals surface area contributed by atoms with Crippen molar-refractivity contribution in [3.8, 4) is 0 Å². The first-order valence-electron chi connectivity index (χ1n) is 5.07. The van der Waals surface area contributed by atoms with E-state index in [1.807, 2.05) is 6.92 Å². The summed E-state index contributed by atoms with van der Waals surface area (Å²) in [5.41, 5.74) is 0. The molecule has 2 heterocycles. The van der Waals surface area contributed by atoms with Crippen molar-refractivity contribution in [2.45, 2.75) is 19.9 Å². The van der Waals surface area contributed by atoms with Crippen LogP contribution in [-0.4, -0.2) is 20.4 Å². The molecule has 0 spiro atoms. The molecule has 0 aliphatic carbocycles. The minimum atomic E-state index is -1.07. The maximum Gasteiger partial charge on any atom is 0.371 e. The molecule has 0 bridgehead atoms. The fraction of sp³-hybridized carbons (Fsp3) is 0.300. The maximum atomic E-state index is 10.6. The van der Waals surface area contributed by atoms with E-state index in [0.717, 1.165) is 12.2 Å². The molecule has 0 unspecified atom stereocenters. The highest BCUT2D eigenvalue weighted by atomic mass is 32.1. The number of aryl methyl sites for hydroxylation is 1. The molecule has 0 atom stereocenters. The van der Waals surface area contributed by atoms with Gasteiger partial charge in [0.1, 0.15) is 11.6 Å². The normalized spacial score (nSPS) is 10.4. The van der Waals surface area contributed by atoms with Gasteiger partial charge < -0.3 is 14.8 Å². The molecule has 0 amide bonds. The highest BCUT2D eigenvalue weighted by Crippen LogP contribution is 2.14. The Kier molecular flexibility index (Phi) is 3.38. The molecule has 2 aromatic rings. The molecule has 0 radical (unpaired) electrons. The van der Waals surface area contributed by atoms with Gasteiger partial charge >= 0.3 is 5.97 Å². The summed E-state index contributed by atoms with van der Waals surface area (Å²) >= 11 is 1.28. The molecule has 2 rings (SSSR count). The minimum Gasteiger partial charge on any atom is -0.475 e. The standard InChI is InChI=1S/C10H11N3O3S/c1-2-8-12-10(17-13-8)11-5-6-3-4-7(16-6)9(14)15/h3-4H,2,5H2,1H3,(H,14,15)(H,11,12,13). The van der Waals surface area contributed by atoms with Crippen LogP contribution in [0.4, 0.5) is 5.13 Å². The fourth-order valence-corrected chi connectivity index (χ4v) is 1.86. The predicted octanol–water partition coefficient (Wildman–Crippen LogP) is 2.00. The third-order valence-corrected chi connectivity index (χ3v) is 2.78. The molecular formula is C10H11N3O3S. The molecule has 0 fully saturated rings. The van der Waals surface area contributed by atoms with E-state index < -0.39 is 5.97 Å². The Bertz CT molecular complexity index is 520. The molecule has 0 aliphatic rings. The first-order chi connectivity index (χ1) is 8.19. The second kappa shape index (κ2) is 4.96. The fourth-order valence-electron chi connectivity index (χ4n) is 1.22. The lowest BCUT2D eigenvalue weighted by Gasteiger charge is -1.97. The smallest absolute Gasteiger partial charge is 0.371 e. The first-order valence-corrected chi connectivity index (χ1v) is 5.85. The number of nitrogens with one attached hydrogen (secondary N) is 1. The number of aromatic carboxylic acids is 1. The number of hydrogen-bond donors (Lipinski definition) is 2. The zero-order chi connectivity index (χ0) is 12.3. The maximum absolute atomic E-state index is 10.6. The molecule has 2 aromatic heterocycles. The van der Waals surface area contributed by atoms with E-state index in [1.165, 1.54) is 17.6 Å². The summed E-state index contributed by atoms with van der Waals surface area (Å²) in [6, 6.07) is 3.05. The summed E-state index contributed by atoms with van der Waals surface area (Å²) in [5, 5.41) is 12.4. The van der Waals surface area contributed by atoms with Gasteiger partial charge in [-0.1, -0.05) is 6.92 Å². The van der Waals surface area contributed by atoms with Gasteiger partial charge in [-0.25, -0.2) is 9.78 Å². The lowest BCUT2D eigenvalue weighted by atomic mass is 10.4. The molecular weight excluding hydrogens is 242 g/mol. The van der Waals surface area contributed by atoms with Gasteiger partial charge in [0.15, 0.2) is 0 Å². The Morgan fingerprint density at radius 1 is 1.59 bits per heavy atom. The monoisotopic (exact) mass is 253 g/mol. The zero-order valence-electron chi connectivity index (χ0n) is 9.14. The van der Waals surface area contributed by atoms with Crippen molar-refractivity contribution in [1.82, 2.24) is 9.36 Å². The highest BCUT2D eigenvalue weighted by Gasteiger charge is 2.09. The van der Waals surface area contributed by atoms with Crippen molar-refractivity contribution in [1.29, 1.82) is 0 Å². The second-order valence-corrected chi connectivity index (χ2v) is 4.05. The predicted molar refractivity (Wildman–Crippen MR) is 62.3 cm³/mol. The zero-order valence-corrected chi connectivity index (χ0v) is 9.95. The summed E-state index contributed by atoms with van der Waals surface area (Å²) in [4.78, 5) is 14.8. The third-order valence-electron chi connectivity index (χ3n) is 2.07. The van der Waals surface area contributed by atoms with Crippen molar-refractivity contribution < 1.29 is 14.3 Å². The van der Waals surface area contributed by atoms with Crippen molar-refractivity contribution in [2.24, 2.45) is 0 Å². The summed E-state index contributed by atoms with van der Waals surface area (Å²) in [5.74, 6) is 0.215. The molecule has 2 N–H and O–H groups in total. The van der Waals surface area contributed by atoms with Crippen LogP contribution in [0.1, 0.15) is 29.1 Å². The van der Waals surface area contributed by atoms with Crippen LogP contribution >= 0.6 is 11.5 Å². The van der Waals surface area contributed by atoms with Gasteiger partial charge in [0.25, 0.3) is 0 Å². The summed E-state index contributed by atoms with van der Waals surface area (Å²) in [6.45, 7) is 2.38. The SMILES string of the molecule is CCc1nsc(NCc2ccc(C(=O)O)o2)n1. The van der Waals surface area contributed by atoms with E-state index in [0.29, 0.717) is 17.4 Å². The van der Waals surface area contributed by atoms with Crippen LogP contribution in [0.5, 0.6) is 0 Å². The Morgan fingerprint density at radius 2 is 2.41 bits per heavy atom. The largest absolute Gasteiger partial charge is 0.475 e. The molecule has 0 saturated carbocycles. The van der Waals surface area contributed by atoms with Crippen molar-refractivity contribution >= 4 is 22.6 Å². The molecule has 6 nitrogen and oxygen atoms in total. The lowest BCUT2D eigenvalue weighted by Crippen LogP contribution is -1.98. The van der Waals surface area contributed by atoms with Crippen LogP contribution < -0.4 is 5.32 Å². The van der Waals surface area contributed by atoms with E-state index in [1.54, 1.807) is 6.07 Å². The molecule has 7 heteroatoms. The van der Waals surface area contributed by atoms with Crippen LogP contribution in [0.3, 0.4) is 0 Å². The van der Waals surface area contributed by atoms with Gasteiger partial charge in [-0.3, -0.25) is 0 Å². The van der Waals surface area contributed by atoms with Crippen LogP contribution in [0, 0.1) is 0 Å². The Balaban J connectivity index is 1.94. The van der Waals surface area contributed by atoms with Crippen molar-refractivity contribution in [2.75, 3.05) is 5.32 Å². The van der Waals surface area contributed by atoms with Crippen LogP contribution in [0.15, 0.2) is 16.5 Å². The molecule has 17 heavy (non-hydrogen) atoms. The number of carbonyl (C=O) groups is 1. The average molecular weight is 253 g/mol.